The van der Waals surface area contributed by atoms with Crippen LogP contribution >= 0.6 is 11.3 Å². The highest BCUT2D eigenvalue weighted by molar-refractivity contribution is 7.18. The minimum atomic E-state index is -0.502. The molecule has 1 unspecified atom stereocenters. The lowest BCUT2D eigenvalue weighted by molar-refractivity contribution is -0.0235. The van der Waals surface area contributed by atoms with Crippen LogP contribution in [0.3, 0.4) is 0 Å². The number of fused-ring (bicyclic) bond motifs is 1. The molecule has 0 radical (unpaired) electrons. The maximum absolute atomic E-state index is 12.5. The zero-order valence-electron chi connectivity index (χ0n) is 16.0. The van der Waals surface area contributed by atoms with Crippen LogP contribution in [0.25, 0.3) is 10.2 Å². The summed E-state index contributed by atoms with van der Waals surface area (Å²) in [6.45, 7) is 1.64. The molecule has 148 valence electrons. The molecule has 1 saturated heterocycles. The summed E-state index contributed by atoms with van der Waals surface area (Å²) in [7, 11) is 2.15. The molecule has 4 rings (SSSR count). The third-order valence-corrected chi connectivity index (χ3v) is 6.12. The number of aromatic nitrogens is 1. The van der Waals surface area contributed by atoms with E-state index in [0.29, 0.717) is 5.75 Å². The lowest BCUT2D eigenvalue weighted by atomic mass is 10.1. The van der Waals surface area contributed by atoms with Gasteiger partial charge in [-0.3, -0.25) is 0 Å². The topological polar surface area (TPSA) is 34.6 Å². The van der Waals surface area contributed by atoms with Crippen molar-refractivity contribution in [3.05, 3.63) is 59.1 Å². The van der Waals surface area contributed by atoms with Gasteiger partial charge in [0, 0.05) is 13.1 Å². The molecular weight excluding hydrogens is 375 g/mol. The maximum atomic E-state index is 12.5. The van der Waals surface area contributed by atoms with Crippen molar-refractivity contribution < 1.29 is 13.9 Å². The van der Waals surface area contributed by atoms with Gasteiger partial charge in [0.15, 0.2) is 0 Å². The molecule has 1 aliphatic heterocycles. The summed E-state index contributed by atoms with van der Waals surface area (Å²) >= 11 is 1.67. The van der Waals surface area contributed by atoms with E-state index in [-0.39, 0.29) is 18.8 Å². The number of piperidine rings is 1. The predicted octanol–water partition coefficient (Wildman–Crippen LogP) is 4.84. The standard InChI is InChI=1S/C22H25FN2O2S/c1-25-12-9-17(10-13-25)27-21(16-5-4-6-18(15-16)26-14-11-23)22-24-19-7-2-3-8-20(19)28-22/h2-8,15,17,21H,9-14H2,1H3. The normalized spacial score (nSPS) is 17.1. The number of para-hydroxylation sites is 1. The second kappa shape index (κ2) is 8.99. The molecular formula is C22H25FN2O2S. The molecule has 0 saturated carbocycles. The van der Waals surface area contributed by atoms with Crippen LogP contribution in [0.5, 0.6) is 5.75 Å². The third kappa shape index (κ3) is 4.51. The minimum absolute atomic E-state index is 0.0606. The Bertz CT molecular complexity index is 875. The molecule has 0 spiro atoms. The largest absolute Gasteiger partial charge is 0.491 e. The van der Waals surface area contributed by atoms with Crippen LogP contribution in [0, 0.1) is 0 Å². The lowest BCUT2D eigenvalue weighted by Gasteiger charge is -2.31. The Hall–Kier alpha value is -2.02. The van der Waals surface area contributed by atoms with Crippen LogP contribution in [0.1, 0.15) is 29.5 Å². The van der Waals surface area contributed by atoms with Crippen molar-refractivity contribution in [2.24, 2.45) is 0 Å². The molecule has 1 aromatic heterocycles. The molecule has 1 atom stereocenters. The van der Waals surface area contributed by atoms with Crippen LogP contribution in [-0.2, 0) is 4.74 Å². The van der Waals surface area contributed by atoms with E-state index in [0.717, 1.165) is 46.7 Å². The fraction of sp³-hybridized carbons (Fsp3) is 0.409. The number of rotatable bonds is 7. The average Bonchev–Trinajstić information content (AvgIpc) is 3.16. The third-order valence-electron chi connectivity index (χ3n) is 5.04. The van der Waals surface area contributed by atoms with E-state index >= 15 is 0 Å². The SMILES string of the molecule is CN1CCC(OC(c2cccc(OCCF)c2)c2nc3ccccc3s2)CC1. The van der Waals surface area contributed by atoms with E-state index in [1.807, 2.05) is 42.5 Å². The number of hydrogen-bond donors (Lipinski definition) is 0. The molecule has 2 aromatic carbocycles. The smallest absolute Gasteiger partial charge is 0.135 e. The number of ether oxygens (including phenoxy) is 2. The Kier molecular flexibility index (Phi) is 6.20. The van der Waals surface area contributed by atoms with E-state index in [1.54, 1.807) is 11.3 Å². The highest BCUT2D eigenvalue weighted by Crippen LogP contribution is 2.36. The Morgan fingerprint density at radius 3 is 2.79 bits per heavy atom. The van der Waals surface area contributed by atoms with Gasteiger partial charge in [0.1, 0.15) is 30.1 Å². The highest BCUT2D eigenvalue weighted by Gasteiger charge is 2.26. The van der Waals surface area contributed by atoms with Crippen molar-refractivity contribution in [1.29, 1.82) is 0 Å². The van der Waals surface area contributed by atoms with E-state index in [4.69, 9.17) is 14.5 Å². The first-order valence-corrected chi connectivity index (χ1v) is 10.5. The van der Waals surface area contributed by atoms with Crippen LogP contribution < -0.4 is 4.74 Å². The van der Waals surface area contributed by atoms with Gasteiger partial charge in [-0.05, 0) is 49.7 Å². The van der Waals surface area contributed by atoms with Crippen LogP contribution in [0.2, 0.25) is 0 Å². The van der Waals surface area contributed by atoms with Crippen molar-refractivity contribution >= 4 is 21.6 Å². The molecule has 1 fully saturated rings. The summed E-state index contributed by atoms with van der Waals surface area (Å²) in [6.07, 6.45) is 1.97. The van der Waals surface area contributed by atoms with E-state index < -0.39 is 6.67 Å². The first kappa shape index (κ1) is 19.3. The summed E-state index contributed by atoms with van der Waals surface area (Å²) in [5.74, 6) is 0.660. The second-order valence-electron chi connectivity index (χ2n) is 7.15. The Labute approximate surface area is 168 Å². The van der Waals surface area contributed by atoms with E-state index in [1.165, 1.54) is 0 Å². The van der Waals surface area contributed by atoms with Crippen molar-refractivity contribution in [1.82, 2.24) is 9.88 Å². The van der Waals surface area contributed by atoms with Crippen molar-refractivity contribution in [3.8, 4) is 5.75 Å². The number of thiazole rings is 1. The molecule has 6 heteroatoms. The first-order chi connectivity index (χ1) is 13.7. The quantitative estimate of drug-likeness (QED) is 0.568. The van der Waals surface area contributed by atoms with Crippen LogP contribution in [-0.4, -0.2) is 49.4 Å². The fourth-order valence-corrected chi connectivity index (χ4v) is 4.55. The molecule has 4 nitrogen and oxygen atoms in total. The van der Waals surface area contributed by atoms with E-state index in [2.05, 4.69) is 18.0 Å². The number of hydrogen-bond acceptors (Lipinski definition) is 5. The Morgan fingerprint density at radius 1 is 1.18 bits per heavy atom. The maximum Gasteiger partial charge on any atom is 0.135 e. The molecule has 0 amide bonds. The number of likely N-dealkylation sites (tertiary alicyclic amines) is 1. The molecule has 0 bridgehead atoms. The molecule has 2 heterocycles. The monoisotopic (exact) mass is 400 g/mol. The van der Waals surface area contributed by atoms with Gasteiger partial charge >= 0.3 is 0 Å². The summed E-state index contributed by atoms with van der Waals surface area (Å²) in [5.41, 5.74) is 1.98. The second-order valence-corrected chi connectivity index (χ2v) is 8.21. The van der Waals surface area contributed by atoms with Gasteiger partial charge in [0.2, 0.25) is 0 Å². The summed E-state index contributed by atoms with van der Waals surface area (Å²) in [5, 5.41) is 0.947. The molecule has 0 aliphatic carbocycles. The summed E-state index contributed by atoms with van der Waals surface area (Å²) in [6, 6.07) is 15.9. The lowest BCUT2D eigenvalue weighted by Crippen LogP contribution is -2.35. The van der Waals surface area contributed by atoms with Crippen molar-refractivity contribution in [2.45, 2.75) is 25.0 Å². The number of halogens is 1. The van der Waals surface area contributed by atoms with Crippen LogP contribution in [0.15, 0.2) is 48.5 Å². The number of alkyl halides is 1. The molecule has 3 aromatic rings. The highest BCUT2D eigenvalue weighted by atomic mass is 32.1. The zero-order chi connectivity index (χ0) is 19.3. The van der Waals surface area contributed by atoms with Gasteiger partial charge in [-0.1, -0.05) is 24.3 Å². The Balaban J connectivity index is 1.64. The minimum Gasteiger partial charge on any atom is -0.491 e. The van der Waals surface area contributed by atoms with Crippen molar-refractivity contribution in [2.75, 3.05) is 33.4 Å². The zero-order valence-corrected chi connectivity index (χ0v) is 16.8. The van der Waals surface area contributed by atoms with Gasteiger partial charge in [0.05, 0.1) is 16.3 Å². The number of nitrogens with zero attached hydrogens (tertiary/aromatic N) is 2. The summed E-state index contributed by atoms with van der Waals surface area (Å²) < 4.78 is 25.7. The summed E-state index contributed by atoms with van der Waals surface area (Å²) in [4.78, 5) is 7.18. The van der Waals surface area contributed by atoms with Gasteiger partial charge in [-0.25, -0.2) is 9.37 Å². The van der Waals surface area contributed by atoms with Crippen LogP contribution in [0.4, 0.5) is 4.39 Å². The predicted molar refractivity (Wildman–Crippen MR) is 111 cm³/mol. The van der Waals surface area contributed by atoms with Gasteiger partial charge in [0.25, 0.3) is 0 Å². The molecule has 0 N–H and O–H groups in total. The van der Waals surface area contributed by atoms with Crippen molar-refractivity contribution in [3.63, 3.8) is 0 Å². The molecule has 1 aliphatic rings. The Morgan fingerprint density at radius 2 is 2.00 bits per heavy atom. The molecule has 28 heavy (non-hydrogen) atoms. The number of benzene rings is 2. The average molecular weight is 401 g/mol. The van der Waals surface area contributed by atoms with Gasteiger partial charge in [-0.15, -0.1) is 11.3 Å². The van der Waals surface area contributed by atoms with Gasteiger partial charge < -0.3 is 14.4 Å². The fourth-order valence-electron chi connectivity index (χ4n) is 3.52. The van der Waals surface area contributed by atoms with Gasteiger partial charge in [-0.2, -0.15) is 0 Å². The first-order valence-electron chi connectivity index (χ1n) is 9.71. The van der Waals surface area contributed by atoms with E-state index in [9.17, 15) is 4.39 Å².